The minimum Gasteiger partial charge on any atom is -0.490 e. The van der Waals surface area contributed by atoms with Crippen LogP contribution in [0.5, 0.6) is 5.75 Å². The normalized spacial score (nSPS) is 19.6. The topological polar surface area (TPSA) is 97.0 Å². The number of hydrogen-bond donors (Lipinski definition) is 2. The molecule has 0 aliphatic heterocycles. The Morgan fingerprint density at radius 3 is 2.81 bits per heavy atom. The van der Waals surface area contributed by atoms with Crippen molar-refractivity contribution >= 4 is 16.8 Å². The lowest BCUT2D eigenvalue weighted by Crippen LogP contribution is -2.40. The maximum absolute atomic E-state index is 12.2. The van der Waals surface area contributed by atoms with E-state index in [1.807, 2.05) is 30.3 Å². The molecule has 0 radical (unpaired) electrons. The van der Waals surface area contributed by atoms with Crippen molar-refractivity contribution in [3.05, 3.63) is 65.0 Å². The van der Waals surface area contributed by atoms with Crippen LogP contribution in [0.1, 0.15) is 36.2 Å². The van der Waals surface area contributed by atoms with E-state index < -0.39 is 0 Å². The molecule has 1 aliphatic carbocycles. The summed E-state index contributed by atoms with van der Waals surface area (Å²) in [4.78, 5) is 34.0. The number of nitrogens with one attached hydrogen (secondary N) is 2. The van der Waals surface area contributed by atoms with Crippen LogP contribution in [0.15, 0.2) is 53.7 Å². The molecule has 2 heterocycles. The van der Waals surface area contributed by atoms with E-state index in [9.17, 15) is 9.59 Å². The lowest BCUT2D eigenvalue weighted by Gasteiger charge is -2.29. The number of nitrogens with zero attached hydrogens (tertiary/aromatic N) is 2. The number of aromatic nitrogens is 3. The number of rotatable bonds is 4. The molecule has 0 atom stereocenters. The Morgan fingerprint density at radius 1 is 1.15 bits per heavy atom. The summed E-state index contributed by atoms with van der Waals surface area (Å²) in [6.45, 7) is 0. The molecule has 0 unspecified atom stereocenters. The Morgan fingerprint density at radius 2 is 2.00 bits per heavy atom. The molecule has 1 aliphatic rings. The molecule has 2 aromatic heterocycles. The van der Waals surface area contributed by atoms with E-state index in [2.05, 4.69) is 20.3 Å². The van der Waals surface area contributed by atoms with Gasteiger partial charge in [-0.15, -0.1) is 0 Å². The molecule has 138 valence electrons. The van der Waals surface area contributed by atoms with E-state index in [0.29, 0.717) is 0 Å². The highest BCUT2D eigenvalue weighted by Crippen LogP contribution is 2.26. The van der Waals surface area contributed by atoms with Gasteiger partial charge in [-0.1, -0.05) is 6.07 Å². The van der Waals surface area contributed by atoms with Crippen LogP contribution in [0.2, 0.25) is 0 Å². The zero-order chi connectivity index (χ0) is 18.6. The van der Waals surface area contributed by atoms with Crippen LogP contribution in [-0.2, 0) is 0 Å². The first-order valence-electron chi connectivity index (χ1n) is 9.04. The van der Waals surface area contributed by atoms with Crippen molar-refractivity contribution in [3.63, 3.8) is 0 Å². The van der Waals surface area contributed by atoms with Crippen LogP contribution in [-0.4, -0.2) is 33.0 Å². The summed E-state index contributed by atoms with van der Waals surface area (Å²) in [6.07, 6.45) is 7.79. The van der Waals surface area contributed by atoms with Gasteiger partial charge in [0.25, 0.3) is 11.5 Å². The highest BCUT2D eigenvalue weighted by atomic mass is 16.5. The monoisotopic (exact) mass is 364 g/mol. The third kappa shape index (κ3) is 4.13. The van der Waals surface area contributed by atoms with Crippen LogP contribution >= 0.6 is 0 Å². The number of fused-ring (bicyclic) bond motifs is 1. The van der Waals surface area contributed by atoms with Crippen molar-refractivity contribution in [3.8, 4) is 5.75 Å². The number of ether oxygens (including phenoxy) is 1. The molecule has 4 rings (SSSR count). The molecule has 0 bridgehead atoms. The fourth-order valence-corrected chi connectivity index (χ4v) is 3.40. The number of aromatic amines is 1. The first-order valence-corrected chi connectivity index (χ1v) is 9.04. The molecular weight excluding hydrogens is 344 g/mol. The van der Waals surface area contributed by atoms with E-state index in [0.717, 1.165) is 48.5 Å². The largest absolute Gasteiger partial charge is 0.490 e. The predicted octanol–water partition coefficient (Wildman–Crippen LogP) is 2.44. The molecule has 1 aromatic carbocycles. The highest BCUT2D eigenvalue weighted by molar-refractivity contribution is 5.92. The first-order chi connectivity index (χ1) is 13.2. The van der Waals surface area contributed by atoms with Gasteiger partial charge >= 0.3 is 0 Å². The standard InChI is InChI=1S/C20H20N4O3/c25-19-12-21-11-18(24-19)20(26)23-14-3-5-15(6-4-14)27-16-7-8-17-13(10-16)2-1-9-22-17/h1-2,7-12,14-15H,3-6H2,(H,23,26)(H,24,25). The van der Waals surface area contributed by atoms with E-state index in [1.54, 1.807) is 6.20 Å². The van der Waals surface area contributed by atoms with Crippen LogP contribution in [0.25, 0.3) is 10.9 Å². The average Bonchev–Trinajstić information content (AvgIpc) is 2.69. The molecular formula is C20H20N4O3. The summed E-state index contributed by atoms with van der Waals surface area (Å²) < 4.78 is 6.12. The van der Waals surface area contributed by atoms with E-state index >= 15 is 0 Å². The van der Waals surface area contributed by atoms with Gasteiger partial charge in [-0.25, -0.2) is 0 Å². The van der Waals surface area contributed by atoms with Gasteiger partial charge in [0.15, 0.2) is 0 Å². The number of carbonyl (C=O) groups excluding carboxylic acids is 1. The van der Waals surface area contributed by atoms with Crippen molar-refractivity contribution in [2.45, 2.75) is 37.8 Å². The molecule has 1 amide bonds. The Balaban J connectivity index is 1.32. The smallest absolute Gasteiger partial charge is 0.269 e. The van der Waals surface area contributed by atoms with Gasteiger partial charge in [0.2, 0.25) is 0 Å². The van der Waals surface area contributed by atoms with Gasteiger partial charge in [0.05, 0.1) is 24.0 Å². The van der Waals surface area contributed by atoms with Crippen molar-refractivity contribution in [1.82, 2.24) is 20.3 Å². The van der Waals surface area contributed by atoms with Crippen molar-refractivity contribution in [2.75, 3.05) is 0 Å². The third-order valence-corrected chi connectivity index (χ3v) is 4.78. The van der Waals surface area contributed by atoms with Crippen LogP contribution in [0.3, 0.4) is 0 Å². The van der Waals surface area contributed by atoms with Gasteiger partial charge in [-0.05, 0) is 49.9 Å². The zero-order valence-corrected chi connectivity index (χ0v) is 14.7. The molecule has 7 nitrogen and oxygen atoms in total. The fraction of sp³-hybridized carbons (Fsp3) is 0.300. The predicted molar refractivity (Wildman–Crippen MR) is 101 cm³/mol. The number of hydrogen-bond acceptors (Lipinski definition) is 5. The summed E-state index contributed by atoms with van der Waals surface area (Å²) in [5.41, 5.74) is 0.751. The molecule has 2 N–H and O–H groups in total. The summed E-state index contributed by atoms with van der Waals surface area (Å²) in [7, 11) is 0. The second-order valence-electron chi connectivity index (χ2n) is 6.73. The molecule has 3 aromatic rings. The molecule has 0 spiro atoms. The van der Waals surface area contributed by atoms with Gasteiger partial charge < -0.3 is 15.0 Å². The Hall–Kier alpha value is -3.22. The van der Waals surface area contributed by atoms with Gasteiger partial charge in [-0.3, -0.25) is 19.6 Å². The first kappa shape index (κ1) is 17.2. The maximum Gasteiger partial charge on any atom is 0.269 e. The van der Waals surface area contributed by atoms with Crippen molar-refractivity contribution < 1.29 is 9.53 Å². The van der Waals surface area contributed by atoms with E-state index in [-0.39, 0.29) is 29.3 Å². The fourth-order valence-electron chi connectivity index (χ4n) is 3.40. The SMILES string of the molecule is O=C(NC1CCC(Oc2ccc3ncccc3c2)CC1)c1cncc(=O)[nH]1. The second-order valence-corrected chi connectivity index (χ2v) is 6.73. The zero-order valence-electron chi connectivity index (χ0n) is 14.7. The minimum atomic E-state index is -0.384. The number of carbonyl (C=O) groups is 1. The molecule has 7 heteroatoms. The maximum atomic E-state index is 12.2. The number of pyridine rings is 1. The molecule has 1 fully saturated rings. The number of H-pyrrole nitrogens is 1. The number of amides is 1. The highest BCUT2D eigenvalue weighted by Gasteiger charge is 2.24. The third-order valence-electron chi connectivity index (χ3n) is 4.78. The second kappa shape index (κ2) is 7.57. The average molecular weight is 364 g/mol. The summed E-state index contributed by atoms with van der Waals surface area (Å²) in [6, 6.07) is 9.92. The quantitative estimate of drug-likeness (QED) is 0.741. The van der Waals surface area contributed by atoms with Crippen LogP contribution < -0.4 is 15.6 Å². The van der Waals surface area contributed by atoms with Crippen LogP contribution in [0, 0.1) is 0 Å². The number of benzene rings is 1. The van der Waals surface area contributed by atoms with Gasteiger partial charge in [-0.2, -0.15) is 0 Å². The Labute approximate surface area is 155 Å². The van der Waals surface area contributed by atoms with Crippen LogP contribution in [0.4, 0.5) is 0 Å². The lowest BCUT2D eigenvalue weighted by molar-refractivity contribution is 0.0888. The Kier molecular flexibility index (Phi) is 4.82. The lowest BCUT2D eigenvalue weighted by atomic mass is 9.93. The molecule has 1 saturated carbocycles. The molecule has 27 heavy (non-hydrogen) atoms. The minimum absolute atomic E-state index is 0.0712. The summed E-state index contributed by atoms with van der Waals surface area (Å²) in [5, 5.41) is 4.01. The molecule has 0 saturated heterocycles. The van der Waals surface area contributed by atoms with E-state index in [1.165, 1.54) is 6.20 Å². The van der Waals surface area contributed by atoms with E-state index in [4.69, 9.17) is 4.74 Å². The van der Waals surface area contributed by atoms with Crippen molar-refractivity contribution in [1.29, 1.82) is 0 Å². The Bertz CT molecular complexity index is 1010. The van der Waals surface area contributed by atoms with Gasteiger partial charge in [0.1, 0.15) is 11.4 Å². The summed E-state index contributed by atoms with van der Waals surface area (Å²) >= 11 is 0. The van der Waals surface area contributed by atoms with Gasteiger partial charge in [0, 0.05) is 17.6 Å². The summed E-state index contributed by atoms with van der Waals surface area (Å²) in [5.74, 6) is 0.544. The van der Waals surface area contributed by atoms with Crippen molar-refractivity contribution in [2.24, 2.45) is 0 Å².